The van der Waals surface area contributed by atoms with Gasteiger partial charge in [0.15, 0.2) is 6.29 Å². The first-order chi connectivity index (χ1) is 33.4. The number of aliphatic hydroxyl groups is 2. The first-order valence-corrected chi connectivity index (χ1v) is 26.3. The summed E-state index contributed by atoms with van der Waals surface area (Å²) in [6.45, 7) is 23.6. The van der Waals surface area contributed by atoms with Crippen molar-refractivity contribution in [3.05, 3.63) is 42.5 Å². The van der Waals surface area contributed by atoms with Crippen molar-refractivity contribution in [2.24, 2.45) is 29.1 Å². The number of halogens is 1. The lowest BCUT2D eigenvalue weighted by molar-refractivity contribution is -0.259. The molecule has 0 amide bonds. The number of nitrogens with one attached hydrogen (secondary N) is 1. The minimum Gasteiger partial charge on any atom is -0.459 e. The van der Waals surface area contributed by atoms with Gasteiger partial charge in [0.2, 0.25) is 0 Å². The Labute approximate surface area is 424 Å². The second-order valence-corrected chi connectivity index (χ2v) is 23.1. The quantitative estimate of drug-likeness (QED) is 0.176. The van der Waals surface area contributed by atoms with Crippen LogP contribution in [0.1, 0.15) is 121 Å². The molecule has 0 aromatic carbocycles. The molecule has 0 radical (unpaired) electrons. The van der Waals surface area contributed by atoms with Crippen LogP contribution in [0.4, 0.5) is 4.39 Å². The SMILES string of the molecule is CC[C@H]1OC(=O)[C@H](C)[C@@H](C2C[C@@](C)(OC)C[C@H](C)O2)[C@H](C)[C@@H](O[C@H]2C[C@@H](N(C)CCC3=CN([C@H](CF)Cn4cc(-c5ccccn5)nn4)N(C)N3)C[C@@H](C)O2)C(C)(C)C[C@@H](C)CN(C)C(C)[C@@H](O)[C@]1(C)O. The largest absolute Gasteiger partial charge is 0.459 e. The van der Waals surface area contributed by atoms with Crippen LogP contribution in [0.25, 0.3) is 11.4 Å². The molecule has 3 N–H and O–H groups in total. The molecular formula is C53H90FN9O8. The molecule has 2 unspecified atom stereocenters. The molecule has 2 aromatic heterocycles. The number of cyclic esters (lactones) is 1. The maximum Gasteiger partial charge on any atom is 0.309 e. The third kappa shape index (κ3) is 13.7. The Morgan fingerprint density at radius 3 is 2.41 bits per heavy atom. The van der Waals surface area contributed by atoms with E-state index in [2.05, 4.69) is 86.0 Å². The van der Waals surface area contributed by atoms with Crippen LogP contribution in [0.15, 0.2) is 42.5 Å². The van der Waals surface area contributed by atoms with E-state index < -0.39 is 65.8 Å². The Hall–Kier alpha value is -3.33. The molecule has 0 spiro atoms. The lowest BCUT2D eigenvalue weighted by Crippen LogP contribution is -2.59. The Morgan fingerprint density at radius 2 is 1.75 bits per heavy atom. The van der Waals surface area contributed by atoms with Crippen LogP contribution < -0.4 is 5.43 Å². The second-order valence-electron chi connectivity index (χ2n) is 23.1. The molecule has 3 fully saturated rings. The number of carbonyl (C=O) groups is 1. The smallest absolute Gasteiger partial charge is 0.309 e. The number of methoxy groups -OCH3 is 1. The third-order valence-corrected chi connectivity index (χ3v) is 16.5. The summed E-state index contributed by atoms with van der Waals surface area (Å²) in [5.41, 5.74) is 3.15. The van der Waals surface area contributed by atoms with E-state index in [1.54, 1.807) is 31.1 Å². The average Bonchev–Trinajstić information content (AvgIpc) is 3.95. The van der Waals surface area contributed by atoms with E-state index in [0.717, 1.165) is 31.5 Å². The van der Waals surface area contributed by atoms with Crippen LogP contribution in [-0.4, -0.2) is 176 Å². The molecule has 71 heavy (non-hydrogen) atoms. The predicted molar refractivity (Wildman–Crippen MR) is 271 cm³/mol. The first kappa shape index (κ1) is 57.0. The maximum absolute atomic E-state index is 14.7. The number of alkyl halides is 1. The molecule has 6 rings (SSSR count). The van der Waals surface area contributed by atoms with Crippen LogP contribution >= 0.6 is 0 Å². The van der Waals surface area contributed by atoms with Gasteiger partial charge in [-0.1, -0.05) is 52.8 Å². The van der Waals surface area contributed by atoms with Gasteiger partial charge in [0.1, 0.15) is 30.2 Å². The van der Waals surface area contributed by atoms with Crippen LogP contribution in [0.5, 0.6) is 0 Å². The van der Waals surface area contributed by atoms with Gasteiger partial charge in [0.25, 0.3) is 0 Å². The molecule has 2 aromatic rings. The van der Waals surface area contributed by atoms with Gasteiger partial charge in [0, 0.05) is 89.0 Å². The van der Waals surface area contributed by atoms with E-state index in [0.29, 0.717) is 50.2 Å². The number of hydrogen-bond acceptors (Lipinski definition) is 16. The molecule has 0 aliphatic carbocycles. The van der Waals surface area contributed by atoms with Gasteiger partial charge in [-0.2, -0.15) is 0 Å². The Balaban J connectivity index is 1.23. The molecular weight excluding hydrogens is 910 g/mol. The number of pyridine rings is 1. The van der Waals surface area contributed by atoms with E-state index in [-0.39, 0.29) is 48.2 Å². The van der Waals surface area contributed by atoms with E-state index >= 15 is 0 Å². The van der Waals surface area contributed by atoms with Crippen molar-refractivity contribution in [1.82, 2.24) is 45.3 Å². The molecule has 6 heterocycles. The normalized spacial score (nSPS) is 37.7. The number of ether oxygens (including phenoxy) is 5. The van der Waals surface area contributed by atoms with Crippen molar-refractivity contribution in [2.75, 3.05) is 48.0 Å². The second kappa shape index (κ2) is 23.9. The number of carbonyl (C=O) groups excluding carboxylic acids is 1. The van der Waals surface area contributed by atoms with Crippen LogP contribution in [0.3, 0.4) is 0 Å². The summed E-state index contributed by atoms with van der Waals surface area (Å²) in [6.07, 6.45) is 6.43. The molecule has 4 aliphatic rings. The summed E-state index contributed by atoms with van der Waals surface area (Å²) >= 11 is 0. The highest BCUT2D eigenvalue weighted by atomic mass is 19.1. The molecule has 16 atom stereocenters. The van der Waals surface area contributed by atoms with Crippen LogP contribution in [0.2, 0.25) is 0 Å². The van der Waals surface area contributed by atoms with Gasteiger partial charge in [-0.05, 0) is 97.4 Å². The van der Waals surface area contributed by atoms with E-state index in [1.165, 1.54) is 0 Å². The van der Waals surface area contributed by atoms with Crippen molar-refractivity contribution >= 4 is 5.97 Å². The fourth-order valence-corrected chi connectivity index (χ4v) is 12.5. The van der Waals surface area contributed by atoms with Crippen molar-refractivity contribution in [3.8, 4) is 11.4 Å². The first-order valence-electron chi connectivity index (χ1n) is 26.3. The number of aromatic nitrogens is 4. The van der Waals surface area contributed by atoms with Gasteiger partial charge in [-0.3, -0.25) is 14.8 Å². The van der Waals surface area contributed by atoms with Crippen molar-refractivity contribution in [2.45, 2.75) is 200 Å². The van der Waals surface area contributed by atoms with E-state index in [4.69, 9.17) is 23.7 Å². The summed E-state index contributed by atoms with van der Waals surface area (Å²) in [5.74, 6) is -1.55. The number of hydrogen-bond donors (Lipinski definition) is 3. The molecule has 4 aliphatic heterocycles. The summed E-state index contributed by atoms with van der Waals surface area (Å²) in [6, 6.07) is 4.83. The third-order valence-electron chi connectivity index (χ3n) is 16.5. The molecule has 18 heteroatoms. The Kier molecular flexibility index (Phi) is 19.2. The van der Waals surface area contributed by atoms with Crippen LogP contribution in [0, 0.1) is 29.1 Å². The number of rotatable bonds is 14. The zero-order valence-electron chi connectivity index (χ0n) is 45.6. The maximum atomic E-state index is 14.7. The standard InChI is InChI=1S/C53H90FN9O8/c1-16-45-53(11,66)48(64)38(7)60(13)29-33(2)25-51(8,9)49(36(5)47(37(6)50(65)70-45)44-27-52(10,67-15)26-35(4)68-44)71-46-24-40(23-34(3)69-46)59(12)22-20-39-30-63(61(14)57-39)41(28-54)31-62-32-43(56-58-62)42-19-17-18-21-55-42/h17-19,21,30,32-38,40-41,44-49,57,64,66H,16,20,22-29,31H2,1-15H3/t33-,34-,35+,36+,37-,38?,40+,41-,44?,45-,46+,47+,48-,49-,52+,53-/m1/s1. The average molecular weight is 1000 g/mol. The molecule has 402 valence electrons. The van der Waals surface area contributed by atoms with E-state index in [1.807, 2.05) is 69.4 Å². The number of nitrogens with zero attached hydrogens (tertiary/aromatic N) is 8. The molecule has 3 saturated heterocycles. The fourth-order valence-electron chi connectivity index (χ4n) is 12.5. The summed E-state index contributed by atoms with van der Waals surface area (Å²) in [4.78, 5) is 23.5. The number of aliphatic hydroxyl groups excluding tert-OH is 1. The van der Waals surface area contributed by atoms with Crippen LogP contribution in [-0.2, 0) is 35.0 Å². The molecule has 0 saturated carbocycles. The number of likely N-dealkylation sites (N-methyl/N-ethyl adjacent to an activating group) is 1. The topological polar surface area (TPSA) is 172 Å². The van der Waals surface area contributed by atoms with Gasteiger partial charge in [-0.15, -0.1) is 10.2 Å². The van der Waals surface area contributed by atoms with Crippen molar-refractivity contribution < 1.29 is 43.1 Å². The zero-order valence-corrected chi connectivity index (χ0v) is 45.6. The van der Waals surface area contributed by atoms with Gasteiger partial charge in [-0.25, -0.2) is 9.07 Å². The van der Waals surface area contributed by atoms with Crippen molar-refractivity contribution in [3.63, 3.8) is 0 Å². The summed E-state index contributed by atoms with van der Waals surface area (Å²) < 4.78 is 49.9. The minimum absolute atomic E-state index is 0.0819. The van der Waals surface area contributed by atoms with Gasteiger partial charge in [0.05, 0.1) is 60.4 Å². The van der Waals surface area contributed by atoms with Crippen molar-refractivity contribution in [1.29, 1.82) is 0 Å². The van der Waals surface area contributed by atoms with Gasteiger partial charge < -0.3 is 49.1 Å². The predicted octanol–water partition coefficient (Wildman–Crippen LogP) is 6.47. The zero-order chi connectivity index (χ0) is 52.2. The lowest BCUT2D eigenvalue weighted by atomic mass is 9.66. The van der Waals surface area contributed by atoms with E-state index in [9.17, 15) is 19.4 Å². The summed E-state index contributed by atoms with van der Waals surface area (Å²) in [7, 11) is 7.75. The highest BCUT2D eigenvalue weighted by Crippen LogP contribution is 2.47. The highest BCUT2D eigenvalue weighted by Gasteiger charge is 2.52. The lowest BCUT2D eigenvalue weighted by Gasteiger charge is -2.50. The molecule has 17 nitrogen and oxygen atoms in total. The fraction of sp³-hybridized carbons (Fsp3) is 0.811. The summed E-state index contributed by atoms with van der Waals surface area (Å²) in [5, 5.41) is 35.9. The number of esters is 1. The Morgan fingerprint density at radius 1 is 1.01 bits per heavy atom. The molecule has 0 bridgehead atoms. The monoisotopic (exact) mass is 1000 g/mol. The number of hydrazine groups is 2. The van der Waals surface area contributed by atoms with Gasteiger partial charge >= 0.3 is 5.97 Å². The highest BCUT2D eigenvalue weighted by molar-refractivity contribution is 5.73. The Bertz CT molecular complexity index is 2030. The minimum atomic E-state index is -1.71.